The number of benzene rings is 2. The Balaban J connectivity index is 1.95. The van der Waals surface area contributed by atoms with Crippen molar-refractivity contribution in [3.8, 4) is 0 Å². The largest absolute Gasteiger partial charge is 0.385 e. The summed E-state index contributed by atoms with van der Waals surface area (Å²) < 4.78 is 4.99. The lowest BCUT2D eigenvalue weighted by Crippen LogP contribution is -2.03. The lowest BCUT2D eigenvalue weighted by Gasteiger charge is -2.04. The highest BCUT2D eigenvalue weighted by Gasteiger charge is 2.15. The van der Waals surface area contributed by atoms with Gasteiger partial charge in [0, 0.05) is 11.1 Å². The molecule has 0 heterocycles. The van der Waals surface area contributed by atoms with Gasteiger partial charge < -0.3 is 4.18 Å². The van der Waals surface area contributed by atoms with Gasteiger partial charge in [0.2, 0.25) is 0 Å². The Morgan fingerprint density at radius 3 is 2.52 bits per heavy atom. The summed E-state index contributed by atoms with van der Waals surface area (Å²) in [6, 6.07) is 12.9. The predicted molar refractivity (Wildman–Crippen MR) is 80.2 cm³/mol. The Morgan fingerprint density at radius 1 is 1.19 bits per heavy atom. The topological polar surface area (TPSA) is 69.4 Å². The maximum Gasteiger partial charge on any atom is 0.322 e. The highest BCUT2D eigenvalue weighted by Crippen LogP contribution is 2.29. The van der Waals surface area contributed by atoms with Gasteiger partial charge in [-0.05, 0) is 23.8 Å². The minimum Gasteiger partial charge on any atom is -0.385 e. The molecule has 0 aliphatic heterocycles. The van der Waals surface area contributed by atoms with E-state index in [1.807, 2.05) is 0 Å². The quantitative estimate of drug-likeness (QED) is 0.472. The average molecular weight is 324 g/mol. The number of nitro benzene ring substituents is 1. The minimum absolute atomic E-state index is 0.0742. The normalized spacial score (nSPS) is 10.1. The maximum absolute atomic E-state index is 11.7. The van der Waals surface area contributed by atoms with Gasteiger partial charge in [-0.2, -0.15) is 0 Å². The summed E-state index contributed by atoms with van der Waals surface area (Å²) in [5.41, 5.74) is 0.661. The SMILES string of the molecule is O=C(Cc1ccc(Cl)cc1)OSc1ccccc1[N+](=O)[O-]. The third-order valence-corrected chi connectivity index (χ3v) is 3.59. The molecule has 21 heavy (non-hydrogen) atoms. The van der Waals surface area contributed by atoms with Gasteiger partial charge in [0.05, 0.1) is 11.3 Å². The lowest BCUT2D eigenvalue weighted by molar-refractivity contribution is -0.387. The van der Waals surface area contributed by atoms with E-state index in [9.17, 15) is 14.9 Å². The Labute approximate surface area is 130 Å². The third-order valence-electron chi connectivity index (χ3n) is 2.55. The second-order valence-electron chi connectivity index (χ2n) is 4.07. The van der Waals surface area contributed by atoms with Crippen LogP contribution in [0.3, 0.4) is 0 Å². The van der Waals surface area contributed by atoms with Crippen LogP contribution < -0.4 is 0 Å². The van der Waals surface area contributed by atoms with E-state index in [2.05, 4.69) is 0 Å². The van der Waals surface area contributed by atoms with Crippen molar-refractivity contribution >= 4 is 35.3 Å². The lowest BCUT2D eigenvalue weighted by atomic mass is 10.2. The number of nitrogens with zero attached hydrogens (tertiary/aromatic N) is 1. The third kappa shape index (κ3) is 4.47. The maximum atomic E-state index is 11.7. The van der Waals surface area contributed by atoms with Crippen molar-refractivity contribution in [2.45, 2.75) is 11.3 Å². The van der Waals surface area contributed by atoms with Crippen LogP contribution in [0.15, 0.2) is 53.4 Å². The molecule has 0 saturated carbocycles. The standard InChI is InChI=1S/C14H10ClNO4S/c15-11-7-5-10(6-8-11)9-14(17)20-21-13-4-2-1-3-12(13)16(18)19/h1-8H,9H2. The van der Waals surface area contributed by atoms with Crippen LogP contribution in [-0.2, 0) is 15.4 Å². The summed E-state index contributed by atoms with van der Waals surface area (Å²) in [4.78, 5) is 22.3. The molecule has 0 atom stereocenters. The Kier molecular flexibility index (Phi) is 5.19. The predicted octanol–water partition coefficient (Wildman–Crippen LogP) is 4.04. The number of para-hydroxylation sites is 1. The number of carbonyl (C=O) groups is 1. The van der Waals surface area contributed by atoms with Crippen molar-refractivity contribution in [1.82, 2.24) is 0 Å². The Hall–Kier alpha value is -2.05. The van der Waals surface area contributed by atoms with Crippen LogP contribution in [0.2, 0.25) is 5.02 Å². The van der Waals surface area contributed by atoms with Gasteiger partial charge in [0.15, 0.2) is 0 Å². The number of halogens is 1. The van der Waals surface area contributed by atoms with Crippen molar-refractivity contribution in [3.63, 3.8) is 0 Å². The zero-order chi connectivity index (χ0) is 15.2. The van der Waals surface area contributed by atoms with E-state index >= 15 is 0 Å². The monoisotopic (exact) mass is 323 g/mol. The molecule has 0 aliphatic rings. The first kappa shape index (κ1) is 15.3. The molecule has 0 bridgehead atoms. The van der Waals surface area contributed by atoms with Crippen LogP contribution in [0, 0.1) is 10.1 Å². The van der Waals surface area contributed by atoms with Gasteiger partial charge in [-0.25, -0.2) is 0 Å². The second kappa shape index (κ2) is 7.10. The van der Waals surface area contributed by atoms with Crippen LogP contribution in [0.25, 0.3) is 0 Å². The summed E-state index contributed by atoms with van der Waals surface area (Å²) in [6.07, 6.45) is 0.0742. The number of rotatable bonds is 5. The van der Waals surface area contributed by atoms with Gasteiger partial charge >= 0.3 is 5.97 Å². The molecule has 0 amide bonds. The average Bonchev–Trinajstić information content (AvgIpc) is 2.48. The van der Waals surface area contributed by atoms with Gasteiger partial charge in [-0.3, -0.25) is 14.9 Å². The summed E-state index contributed by atoms with van der Waals surface area (Å²) >= 11 is 6.44. The highest BCUT2D eigenvalue weighted by molar-refractivity contribution is 7.95. The van der Waals surface area contributed by atoms with E-state index in [0.29, 0.717) is 17.1 Å². The minimum atomic E-state index is -0.518. The first-order valence-electron chi connectivity index (χ1n) is 5.91. The molecule has 2 rings (SSSR count). The molecule has 0 spiro atoms. The smallest absolute Gasteiger partial charge is 0.322 e. The molecule has 2 aromatic rings. The van der Waals surface area contributed by atoms with E-state index in [-0.39, 0.29) is 17.0 Å². The fourth-order valence-electron chi connectivity index (χ4n) is 1.57. The molecule has 0 N–H and O–H groups in total. The second-order valence-corrected chi connectivity index (χ2v) is 5.28. The molecule has 108 valence electrons. The molecular weight excluding hydrogens is 314 g/mol. The van der Waals surface area contributed by atoms with E-state index < -0.39 is 10.9 Å². The van der Waals surface area contributed by atoms with Crippen LogP contribution >= 0.6 is 23.6 Å². The van der Waals surface area contributed by atoms with Gasteiger partial charge in [0.25, 0.3) is 5.69 Å². The molecule has 0 radical (unpaired) electrons. The zero-order valence-corrected chi connectivity index (χ0v) is 12.3. The molecule has 0 fully saturated rings. The molecular formula is C14H10ClNO4S. The molecule has 7 heteroatoms. The van der Waals surface area contributed by atoms with E-state index in [0.717, 1.165) is 5.56 Å². The van der Waals surface area contributed by atoms with E-state index in [1.54, 1.807) is 36.4 Å². The molecule has 0 aromatic heterocycles. The zero-order valence-electron chi connectivity index (χ0n) is 10.7. The fraction of sp³-hybridized carbons (Fsp3) is 0.0714. The van der Waals surface area contributed by atoms with Crippen LogP contribution in [0.1, 0.15) is 5.56 Å². The van der Waals surface area contributed by atoms with Crippen molar-refractivity contribution in [1.29, 1.82) is 0 Å². The van der Waals surface area contributed by atoms with Crippen LogP contribution in [-0.4, -0.2) is 10.9 Å². The van der Waals surface area contributed by atoms with Crippen molar-refractivity contribution in [2.24, 2.45) is 0 Å². The number of hydrogen-bond acceptors (Lipinski definition) is 5. The molecule has 0 aliphatic carbocycles. The molecule has 2 aromatic carbocycles. The fourth-order valence-corrected chi connectivity index (χ4v) is 2.30. The van der Waals surface area contributed by atoms with E-state index in [4.69, 9.17) is 15.8 Å². The van der Waals surface area contributed by atoms with Crippen molar-refractivity contribution < 1.29 is 13.9 Å². The molecule has 0 saturated heterocycles. The van der Waals surface area contributed by atoms with Gasteiger partial charge in [-0.1, -0.05) is 35.9 Å². The summed E-state index contributed by atoms with van der Waals surface area (Å²) in [5.74, 6) is -0.486. The number of hydrogen-bond donors (Lipinski definition) is 0. The summed E-state index contributed by atoms with van der Waals surface area (Å²) in [6.45, 7) is 0. The van der Waals surface area contributed by atoms with Gasteiger partial charge in [0.1, 0.15) is 16.9 Å². The number of nitro groups is 1. The van der Waals surface area contributed by atoms with E-state index in [1.165, 1.54) is 12.1 Å². The number of carbonyl (C=O) groups excluding carboxylic acids is 1. The molecule has 0 unspecified atom stereocenters. The first-order chi connectivity index (χ1) is 10.1. The van der Waals surface area contributed by atoms with Gasteiger partial charge in [-0.15, -0.1) is 0 Å². The van der Waals surface area contributed by atoms with Crippen molar-refractivity contribution in [3.05, 3.63) is 69.2 Å². The summed E-state index contributed by atoms with van der Waals surface area (Å²) in [5, 5.41) is 11.4. The Morgan fingerprint density at radius 2 is 1.86 bits per heavy atom. The van der Waals surface area contributed by atoms with Crippen molar-refractivity contribution in [2.75, 3.05) is 0 Å². The highest BCUT2D eigenvalue weighted by atomic mass is 35.5. The molecule has 5 nitrogen and oxygen atoms in total. The van der Waals surface area contributed by atoms with Crippen LogP contribution in [0.4, 0.5) is 5.69 Å². The van der Waals surface area contributed by atoms with Crippen LogP contribution in [0.5, 0.6) is 0 Å². The first-order valence-corrected chi connectivity index (χ1v) is 7.03. The Bertz CT molecular complexity index is 660. The summed E-state index contributed by atoms with van der Waals surface area (Å²) in [7, 11) is 0.